The van der Waals surface area contributed by atoms with E-state index in [1.807, 2.05) is 6.07 Å². The minimum Gasteiger partial charge on any atom is -0.508 e. The molecule has 4 aromatic rings. The maximum atomic E-state index is 13.8. The molecule has 124 valence electrons. The molecule has 25 heavy (non-hydrogen) atoms. The molecule has 8 heteroatoms. The molecular weight excluding hydrogens is 341 g/mol. The largest absolute Gasteiger partial charge is 0.508 e. The van der Waals surface area contributed by atoms with Crippen LogP contribution in [0.2, 0.25) is 0 Å². The van der Waals surface area contributed by atoms with Crippen molar-refractivity contribution in [1.82, 2.24) is 25.2 Å². The van der Waals surface area contributed by atoms with Gasteiger partial charge in [0.25, 0.3) is 0 Å². The van der Waals surface area contributed by atoms with E-state index in [0.717, 1.165) is 22.2 Å². The lowest BCUT2D eigenvalue weighted by atomic mass is 10.1. The van der Waals surface area contributed by atoms with E-state index in [-0.39, 0.29) is 11.6 Å². The summed E-state index contributed by atoms with van der Waals surface area (Å²) in [6.07, 6.45) is 1.69. The number of aromatic hydroxyl groups is 1. The molecule has 0 saturated carbocycles. The molecule has 0 bridgehead atoms. The molecule has 0 atom stereocenters. The quantitative estimate of drug-likeness (QED) is 0.567. The molecule has 6 nitrogen and oxygen atoms in total. The highest BCUT2D eigenvalue weighted by Crippen LogP contribution is 2.27. The molecule has 1 N–H and O–H groups in total. The van der Waals surface area contributed by atoms with E-state index in [1.165, 1.54) is 23.9 Å². The molecule has 2 aromatic heterocycles. The van der Waals surface area contributed by atoms with Gasteiger partial charge in [-0.05, 0) is 58.5 Å². The van der Waals surface area contributed by atoms with Gasteiger partial charge in [0, 0.05) is 17.3 Å². The lowest BCUT2D eigenvalue weighted by molar-refractivity contribution is 0.475. The Hall–Kier alpha value is -3.00. The van der Waals surface area contributed by atoms with Crippen LogP contribution >= 0.6 is 11.8 Å². The van der Waals surface area contributed by atoms with Crippen LogP contribution in [-0.4, -0.2) is 30.3 Å². The fourth-order valence-corrected chi connectivity index (χ4v) is 3.37. The highest BCUT2D eigenvalue weighted by atomic mass is 32.2. The summed E-state index contributed by atoms with van der Waals surface area (Å²) in [7, 11) is 0. The lowest BCUT2D eigenvalue weighted by Gasteiger charge is -2.07. The van der Waals surface area contributed by atoms with Crippen LogP contribution in [0.25, 0.3) is 16.6 Å². The highest BCUT2D eigenvalue weighted by Gasteiger charge is 2.12. The van der Waals surface area contributed by atoms with Crippen LogP contribution in [0.1, 0.15) is 5.56 Å². The van der Waals surface area contributed by atoms with Crippen LogP contribution in [-0.2, 0) is 5.75 Å². The Morgan fingerprint density at radius 2 is 1.96 bits per heavy atom. The Morgan fingerprint density at radius 1 is 1.12 bits per heavy atom. The van der Waals surface area contributed by atoms with Gasteiger partial charge in [-0.2, -0.15) is 4.68 Å². The molecule has 0 saturated heterocycles. The van der Waals surface area contributed by atoms with Gasteiger partial charge in [-0.3, -0.25) is 4.98 Å². The van der Waals surface area contributed by atoms with E-state index in [4.69, 9.17) is 0 Å². The second-order valence-electron chi connectivity index (χ2n) is 5.32. The van der Waals surface area contributed by atoms with Gasteiger partial charge in [-0.1, -0.05) is 17.8 Å². The minimum absolute atomic E-state index is 0.170. The number of phenols is 1. The molecular formula is C17H12FN5OS. The standard InChI is InChI=1S/C17H12FN5OS/c18-13-8-11-2-1-7-19-16(11)12(9-13)10-25-17-20-21-22-23(17)14-3-5-15(24)6-4-14/h1-9,24H,10H2. The van der Waals surface area contributed by atoms with Gasteiger partial charge in [0.2, 0.25) is 5.16 Å². The Morgan fingerprint density at radius 3 is 2.80 bits per heavy atom. The summed E-state index contributed by atoms with van der Waals surface area (Å²) >= 11 is 1.39. The first-order valence-electron chi connectivity index (χ1n) is 7.44. The third kappa shape index (κ3) is 3.16. The fourth-order valence-electron chi connectivity index (χ4n) is 2.50. The number of hydrogen-bond donors (Lipinski definition) is 1. The van der Waals surface area contributed by atoms with Crippen molar-refractivity contribution in [2.45, 2.75) is 10.9 Å². The van der Waals surface area contributed by atoms with Gasteiger partial charge in [0.15, 0.2) is 0 Å². The Labute approximate surface area is 146 Å². The van der Waals surface area contributed by atoms with E-state index < -0.39 is 0 Å². The van der Waals surface area contributed by atoms with Crippen LogP contribution in [0, 0.1) is 5.82 Å². The first kappa shape index (κ1) is 15.5. The maximum Gasteiger partial charge on any atom is 0.214 e. The van der Waals surface area contributed by atoms with Crippen molar-refractivity contribution >= 4 is 22.7 Å². The number of hydrogen-bond acceptors (Lipinski definition) is 6. The van der Waals surface area contributed by atoms with E-state index in [9.17, 15) is 9.50 Å². The van der Waals surface area contributed by atoms with Crippen molar-refractivity contribution < 1.29 is 9.50 Å². The fraction of sp³-hybridized carbons (Fsp3) is 0.0588. The molecule has 0 radical (unpaired) electrons. The SMILES string of the molecule is Oc1ccc(-n2nnnc2SCc2cc(F)cc3cccnc23)cc1. The van der Waals surface area contributed by atoms with Gasteiger partial charge in [0.05, 0.1) is 11.2 Å². The van der Waals surface area contributed by atoms with Crippen LogP contribution in [0.3, 0.4) is 0 Å². The summed E-state index contributed by atoms with van der Waals surface area (Å²) in [6, 6.07) is 13.1. The van der Waals surface area contributed by atoms with E-state index in [2.05, 4.69) is 20.5 Å². The van der Waals surface area contributed by atoms with Crippen molar-refractivity contribution in [2.24, 2.45) is 0 Å². The molecule has 0 unspecified atom stereocenters. The summed E-state index contributed by atoms with van der Waals surface area (Å²) < 4.78 is 15.4. The summed E-state index contributed by atoms with van der Waals surface area (Å²) in [5, 5.41) is 22.4. The van der Waals surface area contributed by atoms with Crippen molar-refractivity contribution in [3.63, 3.8) is 0 Å². The first-order chi connectivity index (χ1) is 12.2. The van der Waals surface area contributed by atoms with Crippen LogP contribution in [0.5, 0.6) is 5.75 Å². The van der Waals surface area contributed by atoms with Crippen molar-refractivity contribution in [2.75, 3.05) is 0 Å². The van der Waals surface area contributed by atoms with Gasteiger partial charge < -0.3 is 5.11 Å². The number of halogens is 1. The number of benzene rings is 2. The number of tetrazole rings is 1. The summed E-state index contributed by atoms with van der Waals surface area (Å²) in [4.78, 5) is 4.35. The molecule has 2 heterocycles. The zero-order chi connectivity index (χ0) is 17.2. The highest BCUT2D eigenvalue weighted by molar-refractivity contribution is 7.98. The minimum atomic E-state index is -0.297. The predicted octanol–water partition coefficient (Wildman–Crippen LogP) is 3.35. The Kier molecular flexibility index (Phi) is 4.02. The molecule has 0 aliphatic rings. The maximum absolute atomic E-state index is 13.8. The number of nitrogens with zero attached hydrogens (tertiary/aromatic N) is 5. The molecule has 0 aliphatic carbocycles. The van der Waals surface area contributed by atoms with Gasteiger partial charge >= 0.3 is 0 Å². The second kappa shape index (κ2) is 6.48. The Balaban J connectivity index is 1.63. The third-order valence-corrected chi connectivity index (χ3v) is 4.61. The van der Waals surface area contributed by atoms with Crippen molar-refractivity contribution in [3.05, 3.63) is 66.1 Å². The smallest absolute Gasteiger partial charge is 0.214 e. The monoisotopic (exact) mass is 353 g/mol. The molecule has 4 rings (SSSR count). The second-order valence-corrected chi connectivity index (χ2v) is 6.26. The number of pyridine rings is 1. The van der Waals surface area contributed by atoms with Crippen molar-refractivity contribution in [3.8, 4) is 11.4 Å². The number of fused-ring (bicyclic) bond motifs is 1. The van der Waals surface area contributed by atoms with Gasteiger partial charge in [-0.15, -0.1) is 5.10 Å². The lowest BCUT2D eigenvalue weighted by Crippen LogP contribution is -1.99. The Bertz CT molecular complexity index is 1030. The van der Waals surface area contributed by atoms with Crippen LogP contribution < -0.4 is 0 Å². The first-order valence-corrected chi connectivity index (χ1v) is 8.43. The molecule has 2 aromatic carbocycles. The van der Waals surface area contributed by atoms with Gasteiger partial charge in [-0.25, -0.2) is 4.39 Å². The molecule has 0 amide bonds. The number of aromatic nitrogens is 5. The van der Waals surface area contributed by atoms with Crippen LogP contribution in [0.4, 0.5) is 4.39 Å². The topological polar surface area (TPSA) is 76.7 Å². The molecule has 0 aliphatic heterocycles. The van der Waals surface area contributed by atoms with Gasteiger partial charge in [0.1, 0.15) is 11.6 Å². The summed E-state index contributed by atoms with van der Waals surface area (Å²) in [5.41, 5.74) is 2.27. The van der Waals surface area contributed by atoms with Crippen molar-refractivity contribution in [1.29, 1.82) is 0 Å². The zero-order valence-corrected chi connectivity index (χ0v) is 13.7. The van der Waals surface area contributed by atoms with E-state index >= 15 is 0 Å². The third-order valence-electron chi connectivity index (χ3n) is 3.64. The summed E-state index contributed by atoms with van der Waals surface area (Å²) in [5.74, 6) is 0.349. The number of rotatable bonds is 4. The van der Waals surface area contributed by atoms with E-state index in [1.54, 1.807) is 41.2 Å². The predicted molar refractivity (Wildman–Crippen MR) is 92.1 cm³/mol. The average Bonchev–Trinajstić information content (AvgIpc) is 3.08. The molecule has 0 spiro atoms. The van der Waals surface area contributed by atoms with E-state index in [0.29, 0.717) is 10.9 Å². The molecule has 0 fully saturated rings. The summed E-state index contributed by atoms with van der Waals surface area (Å²) in [6.45, 7) is 0. The van der Waals surface area contributed by atoms with Crippen LogP contribution in [0.15, 0.2) is 59.9 Å². The average molecular weight is 353 g/mol. The number of phenolic OH excluding ortho intramolecular Hbond substituents is 1. The zero-order valence-electron chi connectivity index (χ0n) is 12.9. The normalized spacial score (nSPS) is 11.1. The number of thioether (sulfide) groups is 1.